The molecule has 1 atom stereocenters. The lowest BCUT2D eigenvalue weighted by Gasteiger charge is -2.13. The number of rotatable bonds is 6. The van der Waals surface area contributed by atoms with Crippen molar-refractivity contribution in [1.29, 1.82) is 5.26 Å². The Hall–Kier alpha value is -2.64. The van der Waals surface area contributed by atoms with Crippen molar-refractivity contribution in [2.45, 2.75) is 19.4 Å². The molecule has 1 unspecified atom stereocenters. The topological polar surface area (TPSA) is 62.1 Å². The van der Waals surface area contributed by atoms with Gasteiger partial charge in [-0.15, -0.1) is 0 Å². The third-order valence-electron chi connectivity index (χ3n) is 3.29. The van der Waals surface area contributed by atoms with Crippen LogP contribution in [0, 0.1) is 11.3 Å². The predicted octanol–water partition coefficient (Wildman–Crippen LogP) is 3.66. The molecule has 0 saturated carbocycles. The number of ether oxygens (including phenoxy) is 1. The fourth-order valence-corrected chi connectivity index (χ4v) is 2.05. The van der Waals surface area contributed by atoms with Crippen molar-refractivity contribution < 1.29 is 9.53 Å². The molecular formula is C18H18N2O2. The van der Waals surface area contributed by atoms with Crippen molar-refractivity contribution in [3.8, 4) is 6.07 Å². The minimum absolute atomic E-state index is 0.0552. The van der Waals surface area contributed by atoms with Crippen molar-refractivity contribution in [2.75, 3.05) is 11.9 Å². The summed E-state index contributed by atoms with van der Waals surface area (Å²) in [5, 5.41) is 11.7. The number of hydrogen-bond acceptors (Lipinski definition) is 3. The largest absolute Gasteiger partial charge is 0.373 e. The van der Waals surface area contributed by atoms with Crippen LogP contribution in [0.2, 0.25) is 0 Å². The summed E-state index contributed by atoms with van der Waals surface area (Å²) in [6.07, 6.45) is 0.192. The molecule has 0 radical (unpaired) electrons. The molecule has 0 fully saturated rings. The normalized spacial score (nSPS) is 11.5. The Labute approximate surface area is 130 Å². The van der Waals surface area contributed by atoms with Crippen LogP contribution in [0.4, 0.5) is 5.69 Å². The van der Waals surface area contributed by atoms with Crippen molar-refractivity contribution >= 4 is 11.6 Å². The van der Waals surface area contributed by atoms with E-state index in [1.807, 2.05) is 37.3 Å². The summed E-state index contributed by atoms with van der Waals surface area (Å²) in [6, 6.07) is 18.8. The maximum Gasteiger partial charge on any atom is 0.226 e. The number of hydrogen-bond donors (Lipinski definition) is 1. The van der Waals surface area contributed by atoms with E-state index in [2.05, 4.69) is 11.4 Å². The molecule has 0 spiro atoms. The van der Waals surface area contributed by atoms with E-state index >= 15 is 0 Å². The standard InChI is InChI=1S/C18H18N2O2/c1-14(15-7-3-2-4-8-15)22-12-11-18(21)20-17-10-6-5-9-16(17)13-19/h2-10,14H,11-12H2,1H3,(H,20,21). The molecule has 1 amide bonds. The molecule has 2 aromatic rings. The van der Waals surface area contributed by atoms with Gasteiger partial charge in [-0.3, -0.25) is 4.79 Å². The lowest BCUT2D eigenvalue weighted by atomic mass is 10.1. The molecule has 2 rings (SSSR count). The second kappa shape index (κ2) is 7.96. The van der Waals surface area contributed by atoms with Gasteiger partial charge in [0, 0.05) is 0 Å². The van der Waals surface area contributed by atoms with Crippen LogP contribution in [0.1, 0.15) is 30.6 Å². The van der Waals surface area contributed by atoms with Crippen molar-refractivity contribution in [2.24, 2.45) is 0 Å². The molecule has 0 aliphatic heterocycles. The SMILES string of the molecule is CC(OCCC(=O)Nc1ccccc1C#N)c1ccccc1. The zero-order chi connectivity index (χ0) is 15.8. The number of benzene rings is 2. The molecule has 0 heterocycles. The van der Waals surface area contributed by atoms with E-state index in [1.54, 1.807) is 24.3 Å². The van der Waals surface area contributed by atoms with Gasteiger partial charge in [-0.25, -0.2) is 0 Å². The maximum absolute atomic E-state index is 11.9. The van der Waals surface area contributed by atoms with Gasteiger partial charge in [0.15, 0.2) is 0 Å². The molecule has 0 aromatic heterocycles. The Morgan fingerprint density at radius 2 is 1.86 bits per heavy atom. The zero-order valence-corrected chi connectivity index (χ0v) is 12.5. The Morgan fingerprint density at radius 3 is 2.59 bits per heavy atom. The third-order valence-corrected chi connectivity index (χ3v) is 3.29. The lowest BCUT2D eigenvalue weighted by Crippen LogP contribution is -2.15. The first-order valence-electron chi connectivity index (χ1n) is 7.16. The van der Waals surface area contributed by atoms with E-state index in [0.717, 1.165) is 5.56 Å². The highest BCUT2D eigenvalue weighted by molar-refractivity contribution is 5.92. The Morgan fingerprint density at radius 1 is 1.18 bits per heavy atom. The predicted molar refractivity (Wildman–Crippen MR) is 85.2 cm³/mol. The number of nitrogens with one attached hydrogen (secondary N) is 1. The number of amides is 1. The molecule has 0 aliphatic rings. The van der Waals surface area contributed by atoms with E-state index < -0.39 is 0 Å². The van der Waals surface area contributed by atoms with Crippen LogP contribution >= 0.6 is 0 Å². The van der Waals surface area contributed by atoms with Gasteiger partial charge in [0.2, 0.25) is 5.91 Å². The van der Waals surface area contributed by atoms with Crippen LogP contribution in [0.3, 0.4) is 0 Å². The summed E-state index contributed by atoms with van der Waals surface area (Å²) in [5.41, 5.74) is 2.07. The van der Waals surface area contributed by atoms with Gasteiger partial charge >= 0.3 is 0 Å². The Bertz CT molecular complexity index is 662. The van der Waals surface area contributed by atoms with Crippen LogP contribution in [0.5, 0.6) is 0 Å². The van der Waals surface area contributed by atoms with Crippen LogP contribution in [-0.2, 0) is 9.53 Å². The van der Waals surface area contributed by atoms with Crippen molar-refractivity contribution in [1.82, 2.24) is 0 Å². The average Bonchev–Trinajstić information content (AvgIpc) is 2.56. The van der Waals surface area contributed by atoms with Gasteiger partial charge in [0.25, 0.3) is 0 Å². The Kier molecular flexibility index (Phi) is 5.70. The van der Waals surface area contributed by atoms with Gasteiger partial charge in [0.05, 0.1) is 30.4 Å². The molecule has 0 aliphatic carbocycles. The van der Waals surface area contributed by atoms with Gasteiger partial charge in [-0.05, 0) is 24.6 Å². The first-order chi connectivity index (χ1) is 10.7. The first kappa shape index (κ1) is 15.7. The molecule has 2 aromatic carbocycles. The summed E-state index contributed by atoms with van der Waals surface area (Å²) in [4.78, 5) is 11.9. The van der Waals surface area contributed by atoms with E-state index in [0.29, 0.717) is 17.9 Å². The van der Waals surface area contributed by atoms with Crippen LogP contribution < -0.4 is 5.32 Å². The van der Waals surface area contributed by atoms with Crippen molar-refractivity contribution in [3.05, 3.63) is 65.7 Å². The summed E-state index contributed by atoms with van der Waals surface area (Å²) >= 11 is 0. The van der Waals surface area contributed by atoms with E-state index in [1.165, 1.54) is 0 Å². The second-order valence-electron chi connectivity index (χ2n) is 4.88. The molecule has 22 heavy (non-hydrogen) atoms. The Balaban J connectivity index is 1.80. The minimum atomic E-state index is -0.164. The van der Waals surface area contributed by atoms with E-state index in [9.17, 15) is 4.79 Å². The highest BCUT2D eigenvalue weighted by Gasteiger charge is 2.09. The molecule has 4 nitrogen and oxygen atoms in total. The average molecular weight is 294 g/mol. The summed E-state index contributed by atoms with van der Waals surface area (Å²) in [7, 11) is 0. The number of nitrogens with zero attached hydrogens (tertiary/aromatic N) is 1. The smallest absolute Gasteiger partial charge is 0.226 e. The highest BCUT2D eigenvalue weighted by Crippen LogP contribution is 2.17. The summed E-state index contributed by atoms with van der Waals surface area (Å²) < 4.78 is 5.67. The number of nitriles is 1. The first-order valence-corrected chi connectivity index (χ1v) is 7.16. The van der Waals surface area contributed by atoms with Gasteiger partial charge in [0.1, 0.15) is 6.07 Å². The van der Waals surface area contributed by atoms with Gasteiger partial charge in [-0.1, -0.05) is 42.5 Å². The van der Waals surface area contributed by atoms with Crippen molar-refractivity contribution in [3.63, 3.8) is 0 Å². The molecule has 1 N–H and O–H groups in total. The quantitative estimate of drug-likeness (QED) is 0.884. The fraction of sp³-hybridized carbons (Fsp3) is 0.222. The number of carbonyl (C=O) groups excluding carboxylic acids is 1. The highest BCUT2D eigenvalue weighted by atomic mass is 16.5. The molecule has 112 valence electrons. The monoisotopic (exact) mass is 294 g/mol. The maximum atomic E-state index is 11.9. The minimum Gasteiger partial charge on any atom is -0.373 e. The van der Waals surface area contributed by atoms with Crippen LogP contribution in [0.25, 0.3) is 0 Å². The summed E-state index contributed by atoms with van der Waals surface area (Å²) in [5.74, 6) is -0.164. The molecule has 0 saturated heterocycles. The van der Waals surface area contributed by atoms with Gasteiger partial charge in [-0.2, -0.15) is 5.26 Å². The lowest BCUT2D eigenvalue weighted by molar-refractivity contribution is -0.117. The van der Waals surface area contributed by atoms with Crippen LogP contribution in [-0.4, -0.2) is 12.5 Å². The number of anilines is 1. The third kappa shape index (κ3) is 4.44. The second-order valence-corrected chi connectivity index (χ2v) is 4.88. The summed E-state index contributed by atoms with van der Waals surface area (Å²) in [6.45, 7) is 2.29. The van der Waals surface area contributed by atoms with Gasteiger partial charge < -0.3 is 10.1 Å². The number of carbonyl (C=O) groups is 1. The van der Waals surface area contributed by atoms with Crippen LogP contribution in [0.15, 0.2) is 54.6 Å². The molecular weight excluding hydrogens is 276 g/mol. The van der Waals surface area contributed by atoms with E-state index in [4.69, 9.17) is 10.00 Å². The molecule has 0 bridgehead atoms. The number of para-hydroxylation sites is 1. The molecule has 4 heteroatoms. The zero-order valence-electron chi connectivity index (χ0n) is 12.5. The fourth-order valence-electron chi connectivity index (χ4n) is 2.05. The van der Waals surface area contributed by atoms with E-state index in [-0.39, 0.29) is 18.4 Å².